The minimum absolute atomic E-state index is 0.464. The number of hydrogen-bond acceptors (Lipinski definition) is 2. The summed E-state index contributed by atoms with van der Waals surface area (Å²) >= 11 is 0. The number of aliphatic hydroxyl groups is 1. The zero-order valence-electron chi connectivity index (χ0n) is 9.93. The van der Waals surface area contributed by atoms with Gasteiger partial charge in [-0.3, -0.25) is 0 Å². The lowest BCUT2D eigenvalue weighted by atomic mass is 9.94. The monoisotopic (exact) mass is 227 g/mol. The molecular formula is C15H17NO. The van der Waals surface area contributed by atoms with Crippen molar-refractivity contribution in [3.8, 4) is 11.1 Å². The summed E-state index contributed by atoms with van der Waals surface area (Å²) in [6.45, 7) is 1.96. The quantitative estimate of drug-likeness (QED) is 0.790. The van der Waals surface area contributed by atoms with Crippen LogP contribution in [0, 0.1) is 0 Å². The number of nitrogens with two attached hydrogens (primary N) is 1. The van der Waals surface area contributed by atoms with Crippen molar-refractivity contribution in [2.24, 2.45) is 0 Å². The van der Waals surface area contributed by atoms with E-state index in [1.165, 1.54) is 0 Å². The van der Waals surface area contributed by atoms with Gasteiger partial charge in [0.1, 0.15) is 0 Å². The lowest BCUT2D eigenvalue weighted by Crippen LogP contribution is -2.00. The molecule has 0 fully saturated rings. The predicted molar refractivity (Wildman–Crippen MR) is 71.5 cm³/mol. The van der Waals surface area contributed by atoms with Gasteiger partial charge in [-0.05, 0) is 35.2 Å². The molecule has 0 saturated heterocycles. The summed E-state index contributed by atoms with van der Waals surface area (Å²) in [5.41, 5.74) is 9.53. The van der Waals surface area contributed by atoms with Crippen LogP contribution in [0.25, 0.3) is 11.1 Å². The Labute approximate surface area is 102 Å². The summed E-state index contributed by atoms with van der Waals surface area (Å²) in [6.07, 6.45) is 0.220. The van der Waals surface area contributed by atoms with Crippen LogP contribution in [0.1, 0.15) is 25.0 Å². The largest absolute Gasteiger partial charge is 0.399 e. The lowest BCUT2D eigenvalue weighted by Gasteiger charge is -2.15. The van der Waals surface area contributed by atoms with Gasteiger partial charge in [-0.2, -0.15) is 0 Å². The van der Waals surface area contributed by atoms with E-state index in [2.05, 4.69) is 0 Å². The number of aliphatic hydroxyl groups excluding tert-OH is 1. The smallest absolute Gasteiger partial charge is 0.0794 e. The second kappa shape index (κ2) is 5.02. The van der Waals surface area contributed by atoms with Crippen LogP contribution in [0.5, 0.6) is 0 Å². The summed E-state index contributed by atoms with van der Waals surface area (Å²) in [4.78, 5) is 0. The number of nitrogen functional groups attached to an aromatic ring is 1. The molecule has 0 heterocycles. The van der Waals surface area contributed by atoms with Crippen molar-refractivity contribution >= 4 is 5.69 Å². The highest BCUT2D eigenvalue weighted by molar-refractivity contribution is 5.70. The first kappa shape index (κ1) is 11.7. The molecule has 17 heavy (non-hydrogen) atoms. The van der Waals surface area contributed by atoms with E-state index in [1.807, 2.05) is 55.5 Å². The van der Waals surface area contributed by atoms with E-state index in [0.29, 0.717) is 12.1 Å². The molecule has 3 N–H and O–H groups in total. The van der Waals surface area contributed by atoms with Gasteiger partial charge < -0.3 is 10.8 Å². The van der Waals surface area contributed by atoms with Crippen molar-refractivity contribution in [3.05, 3.63) is 54.1 Å². The van der Waals surface area contributed by atoms with Crippen LogP contribution in [0.2, 0.25) is 0 Å². The first-order valence-electron chi connectivity index (χ1n) is 5.85. The number of anilines is 1. The third kappa shape index (κ3) is 2.48. The van der Waals surface area contributed by atoms with Crippen molar-refractivity contribution in [1.82, 2.24) is 0 Å². The number of rotatable bonds is 3. The topological polar surface area (TPSA) is 46.2 Å². The van der Waals surface area contributed by atoms with Crippen LogP contribution < -0.4 is 5.73 Å². The fourth-order valence-electron chi connectivity index (χ4n) is 1.96. The van der Waals surface area contributed by atoms with E-state index >= 15 is 0 Å². The molecule has 2 heteroatoms. The molecule has 0 aliphatic heterocycles. The van der Waals surface area contributed by atoms with Crippen molar-refractivity contribution in [2.75, 3.05) is 5.73 Å². The maximum atomic E-state index is 10.0. The van der Waals surface area contributed by atoms with E-state index in [9.17, 15) is 5.11 Å². The van der Waals surface area contributed by atoms with Crippen LogP contribution in [-0.2, 0) is 0 Å². The van der Waals surface area contributed by atoms with Crippen LogP contribution >= 0.6 is 0 Å². The minimum atomic E-state index is -0.464. The highest BCUT2D eigenvalue weighted by Gasteiger charge is 2.12. The maximum Gasteiger partial charge on any atom is 0.0794 e. The van der Waals surface area contributed by atoms with Gasteiger partial charge in [0, 0.05) is 5.69 Å². The number of benzene rings is 2. The molecule has 1 unspecified atom stereocenters. The Hall–Kier alpha value is -1.80. The number of hydrogen-bond donors (Lipinski definition) is 2. The lowest BCUT2D eigenvalue weighted by molar-refractivity contribution is 0.174. The molecular weight excluding hydrogens is 210 g/mol. The van der Waals surface area contributed by atoms with E-state index in [4.69, 9.17) is 5.73 Å². The summed E-state index contributed by atoms with van der Waals surface area (Å²) in [6, 6.07) is 15.7. The van der Waals surface area contributed by atoms with Crippen LogP contribution in [-0.4, -0.2) is 5.11 Å². The molecule has 1 atom stereocenters. The van der Waals surface area contributed by atoms with Gasteiger partial charge in [-0.15, -0.1) is 0 Å². The average molecular weight is 227 g/mol. The third-order valence-corrected chi connectivity index (χ3v) is 2.91. The molecule has 0 aliphatic rings. The molecule has 2 rings (SSSR count). The van der Waals surface area contributed by atoms with E-state index in [-0.39, 0.29) is 0 Å². The summed E-state index contributed by atoms with van der Waals surface area (Å²) in [5.74, 6) is 0. The summed E-state index contributed by atoms with van der Waals surface area (Å²) < 4.78 is 0. The highest BCUT2D eigenvalue weighted by atomic mass is 16.3. The van der Waals surface area contributed by atoms with Gasteiger partial charge in [-0.25, -0.2) is 0 Å². The molecule has 0 bridgehead atoms. The second-order valence-electron chi connectivity index (χ2n) is 4.14. The van der Waals surface area contributed by atoms with E-state index in [1.54, 1.807) is 0 Å². The molecule has 88 valence electrons. The third-order valence-electron chi connectivity index (χ3n) is 2.91. The SMILES string of the molecule is CCC(O)c1cc(N)ccc1-c1ccccc1. The molecule has 2 aromatic rings. The van der Waals surface area contributed by atoms with Gasteiger partial charge in [0.2, 0.25) is 0 Å². The first-order chi connectivity index (χ1) is 8.22. The maximum absolute atomic E-state index is 10.0. The minimum Gasteiger partial charge on any atom is -0.399 e. The second-order valence-corrected chi connectivity index (χ2v) is 4.14. The zero-order valence-corrected chi connectivity index (χ0v) is 9.93. The fraction of sp³-hybridized carbons (Fsp3) is 0.200. The predicted octanol–water partition coefficient (Wildman–Crippen LogP) is 3.38. The normalized spacial score (nSPS) is 12.4. The Morgan fingerprint density at radius 1 is 1.12 bits per heavy atom. The first-order valence-corrected chi connectivity index (χ1v) is 5.85. The van der Waals surface area contributed by atoms with E-state index < -0.39 is 6.10 Å². The van der Waals surface area contributed by atoms with Crippen molar-refractivity contribution in [2.45, 2.75) is 19.4 Å². The Bertz CT molecular complexity index is 494. The zero-order chi connectivity index (χ0) is 12.3. The Morgan fingerprint density at radius 3 is 2.47 bits per heavy atom. The van der Waals surface area contributed by atoms with Gasteiger partial charge in [-0.1, -0.05) is 43.3 Å². The molecule has 0 saturated carbocycles. The van der Waals surface area contributed by atoms with Crippen molar-refractivity contribution in [3.63, 3.8) is 0 Å². The fourth-order valence-corrected chi connectivity index (χ4v) is 1.96. The molecule has 0 spiro atoms. The van der Waals surface area contributed by atoms with Crippen LogP contribution in [0.4, 0.5) is 5.69 Å². The summed E-state index contributed by atoms with van der Waals surface area (Å²) in [7, 11) is 0. The molecule has 0 aliphatic carbocycles. The Balaban J connectivity index is 2.54. The van der Waals surface area contributed by atoms with Gasteiger partial charge in [0.25, 0.3) is 0 Å². The Morgan fingerprint density at radius 2 is 1.82 bits per heavy atom. The van der Waals surface area contributed by atoms with Gasteiger partial charge >= 0.3 is 0 Å². The summed E-state index contributed by atoms with van der Waals surface area (Å²) in [5, 5.41) is 10.0. The standard InChI is InChI=1S/C15H17NO/c1-2-15(17)14-10-12(16)8-9-13(14)11-6-4-3-5-7-11/h3-10,15,17H,2,16H2,1H3. The molecule has 2 nitrogen and oxygen atoms in total. The van der Waals surface area contributed by atoms with Gasteiger partial charge in [0.15, 0.2) is 0 Å². The average Bonchev–Trinajstić information content (AvgIpc) is 2.38. The van der Waals surface area contributed by atoms with Crippen molar-refractivity contribution < 1.29 is 5.11 Å². The van der Waals surface area contributed by atoms with Crippen molar-refractivity contribution in [1.29, 1.82) is 0 Å². The highest BCUT2D eigenvalue weighted by Crippen LogP contribution is 2.31. The Kier molecular flexibility index (Phi) is 3.45. The van der Waals surface area contributed by atoms with Crippen LogP contribution in [0.3, 0.4) is 0 Å². The van der Waals surface area contributed by atoms with Gasteiger partial charge in [0.05, 0.1) is 6.10 Å². The van der Waals surface area contributed by atoms with Crippen LogP contribution in [0.15, 0.2) is 48.5 Å². The molecule has 0 radical (unpaired) electrons. The molecule has 0 amide bonds. The van der Waals surface area contributed by atoms with E-state index in [0.717, 1.165) is 16.7 Å². The molecule has 2 aromatic carbocycles. The molecule has 0 aromatic heterocycles.